The smallest absolute Gasteiger partial charge is 0.357 e. The third-order valence-electron chi connectivity index (χ3n) is 2.71. The van der Waals surface area contributed by atoms with Crippen LogP contribution in [0.5, 0.6) is 0 Å². The van der Waals surface area contributed by atoms with Gasteiger partial charge in [0, 0.05) is 6.54 Å². The summed E-state index contributed by atoms with van der Waals surface area (Å²) in [5, 5.41) is 13.2. The lowest BCUT2D eigenvalue weighted by molar-refractivity contribution is 0.0692. The molecule has 0 aliphatic carbocycles. The molecule has 108 valence electrons. The lowest BCUT2D eigenvalue weighted by atomic mass is 10.3. The second kappa shape index (κ2) is 5.59. The van der Waals surface area contributed by atoms with Gasteiger partial charge in [-0.25, -0.2) is 22.5 Å². The quantitative estimate of drug-likeness (QED) is 0.798. The molecule has 0 unspecified atom stereocenters. The van der Waals surface area contributed by atoms with Gasteiger partial charge in [0.05, 0.1) is 23.1 Å². The normalized spacial score (nSPS) is 10.9. The number of anilines is 2. The summed E-state index contributed by atoms with van der Waals surface area (Å²) in [5.74, 6) is -1.27. The van der Waals surface area contributed by atoms with Crippen LogP contribution in [0.25, 0.3) is 0 Å². The van der Waals surface area contributed by atoms with Gasteiger partial charge in [0.25, 0.3) is 0 Å². The fraction of sp³-hybridized carbons (Fsp3) is 0.300. The minimum Gasteiger partial charge on any atom is -0.476 e. The van der Waals surface area contributed by atoms with E-state index in [4.69, 9.17) is 5.11 Å². The Labute approximate surface area is 120 Å². The first-order valence-corrected chi connectivity index (χ1v) is 7.62. The highest BCUT2D eigenvalue weighted by Crippen LogP contribution is 2.34. The van der Waals surface area contributed by atoms with Crippen molar-refractivity contribution in [2.75, 3.05) is 4.31 Å². The van der Waals surface area contributed by atoms with Gasteiger partial charge in [-0.3, -0.25) is 4.68 Å². The van der Waals surface area contributed by atoms with E-state index >= 15 is 0 Å². The Morgan fingerprint density at radius 1 is 1.55 bits per heavy atom. The van der Waals surface area contributed by atoms with Gasteiger partial charge in [-0.1, -0.05) is 0 Å². The fourth-order valence-corrected chi connectivity index (χ4v) is 3.44. The lowest BCUT2D eigenvalue weighted by Crippen LogP contribution is -2.17. The zero-order valence-corrected chi connectivity index (χ0v) is 12.4. The van der Waals surface area contributed by atoms with Crippen LogP contribution in [-0.4, -0.2) is 34.3 Å². The predicted molar refractivity (Wildman–Crippen MR) is 74.2 cm³/mol. The maximum atomic E-state index is 11.5. The molecule has 2 heterocycles. The molecule has 1 N–H and O–H groups in total. The number of thiazole rings is 1. The Hall–Kier alpha value is -1.94. The van der Waals surface area contributed by atoms with Gasteiger partial charge < -0.3 is 5.11 Å². The topological polar surface area (TPSA) is 105 Å². The lowest BCUT2D eigenvalue weighted by Gasteiger charge is -2.15. The van der Waals surface area contributed by atoms with Crippen LogP contribution in [-0.2, 0) is 17.4 Å². The van der Waals surface area contributed by atoms with Crippen LogP contribution < -0.4 is 4.31 Å². The first kappa shape index (κ1) is 14.5. The molecule has 0 aliphatic rings. The molecular weight excluding hydrogens is 304 g/mol. The van der Waals surface area contributed by atoms with Crippen LogP contribution in [0.1, 0.15) is 23.1 Å². The van der Waals surface area contributed by atoms with E-state index in [9.17, 15) is 13.2 Å². The Bertz CT molecular complexity index is 711. The van der Waals surface area contributed by atoms with Crippen LogP contribution in [0.3, 0.4) is 0 Å². The number of thiol groups is 1. The molecule has 0 aromatic carbocycles. The van der Waals surface area contributed by atoms with Gasteiger partial charge >= 0.3 is 5.97 Å². The number of hydrogen-bond acceptors (Lipinski definition) is 6. The highest BCUT2D eigenvalue weighted by atomic mass is 32.2. The number of aromatic carboxylic acids is 1. The minimum atomic E-state index is -3.05. The van der Waals surface area contributed by atoms with E-state index in [-0.39, 0.29) is 10.7 Å². The molecule has 0 atom stereocenters. The number of nitrogens with zero attached hydrogens (tertiary/aromatic N) is 4. The van der Waals surface area contributed by atoms with Crippen molar-refractivity contribution in [2.24, 2.45) is 0 Å². The molecule has 2 aromatic heterocycles. The molecule has 0 bridgehead atoms. The van der Waals surface area contributed by atoms with Crippen molar-refractivity contribution >= 4 is 38.9 Å². The maximum Gasteiger partial charge on any atom is 0.357 e. The van der Waals surface area contributed by atoms with Crippen LogP contribution in [0.2, 0.25) is 0 Å². The van der Waals surface area contributed by atoms with E-state index in [2.05, 4.69) is 10.1 Å². The standard InChI is InChI=1S/C10H12N4O4S2/c1-3-13-6(2)7(4-12-13)14(20(17)18)9-8(10(15)16)11-5-19-9/h4-5,20H,3H2,1-2H3,(H,15,16). The molecule has 0 aliphatic heterocycles. The zero-order valence-electron chi connectivity index (χ0n) is 10.7. The van der Waals surface area contributed by atoms with Gasteiger partial charge in [0.15, 0.2) is 5.69 Å². The van der Waals surface area contributed by atoms with E-state index < -0.39 is 16.9 Å². The number of carbonyl (C=O) groups is 1. The fourth-order valence-electron chi connectivity index (χ4n) is 1.77. The number of rotatable bonds is 5. The average Bonchev–Trinajstić information content (AvgIpc) is 2.98. The van der Waals surface area contributed by atoms with E-state index in [1.807, 2.05) is 6.92 Å². The number of carboxylic acids is 1. The van der Waals surface area contributed by atoms with Crippen molar-refractivity contribution in [3.05, 3.63) is 23.1 Å². The summed E-state index contributed by atoms with van der Waals surface area (Å²) >= 11 is 0.948. The first-order valence-electron chi connectivity index (χ1n) is 5.61. The van der Waals surface area contributed by atoms with Gasteiger partial charge in [-0.2, -0.15) is 5.10 Å². The Balaban J connectivity index is 2.60. The summed E-state index contributed by atoms with van der Waals surface area (Å²) < 4.78 is 25.6. The van der Waals surface area contributed by atoms with E-state index in [0.29, 0.717) is 17.9 Å². The molecule has 20 heavy (non-hydrogen) atoms. The van der Waals surface area contributed by atoms with Gasteiger partial charge in [0.2, 0.25) is 10.9 Å². The third kappa shape index (κ3) is 2.39. The zero-order chi connectivity index (χ0) is 14.9. The molecule has 0 radical (unpaired) electrons. The third-order valence-corrected chi connectivity index (χ3v) is 4.40. The second-order valence-electron chi connectivity index (χ2n) is 3.79. The van der Waals surface area contributed by atoms with Crippen molar-refractivity contribution in [3.63, 3.8) is 0 Å². The molecule has 0 spiro atoms. The maximum absolute atomic E-state index is 11.5. The van der Waals surface area contributed by atoms with E-state index in [0.717, 1.165) is 15.6 Å². The van der Waals surface area contributed by atoms with E-state index in [1.165, 1.54) is 11.7 Å². The van der Waals surface area contributed by atoms with Crippen LogP contribution in [0.4, 0.5) is 10.7 Å². The monoisotopic (exact) mass is 316 g/mol. The predicted octanol–water partition coefficient (Wildman–Crippen LogP) is 1.03. The summed E-state index contributed by atoms with van der Waals surface area (Å²) in [5.41, 5.74) is 1.97. The molecule has 2 aromatic rings. The molecule has 0 fully saturated rings. The van der Waals surface area contributed by atoms with Crippen molar-refractivity contribution < 1.29 is 18.3 Å². The van der Waals surface area contributed by atoms with Crippen LogP contribution in [0, 0.1) is 6.92 Å². The number of hydrogen-bond donors (Lipinski definition) is 2. The molecule has 0 saturated carbocycles. The first-order chi connectivity index (χ1) is 9.47. The summed E-state index contributed by atoms with van der Waals surface area (Å²) in [6, 6.07) is 0. The summed E-state index contributed by atoms with van der Waals surface area (Å²) in [6.07, 6.45) is 1.40. The average molecular weight is 316 g/mol. The molecule has 8 nitrogen and oxygen atoms in total. The SMILES string of the molecule is CCn1ncc(N(c2scnc2C(=O)O)[SH](=O)=O)c1C. The van der Waals surface area contributed by atoms with Crippen molar-refractivity contribution in [3.8, 4) is 0 Å². The molecule has 10 heteroatoms. The summed E-state index contributed by atoms with van der Waals surface area (Å²) in [6.45, 7) is 4.18. The summed E-state index contributed by atoms with van der Waals surface area (Å²) in [7, 11) is -3.05. The van der Waals surface area contributed by atoms with E-state index in [1.54, 1.807) is 11.6 Å². The van der Waals surface area contributed by atoms with Crippen molar-refractivity contribution in [1.29, 1.82) is 0 Å². The molecule has 0 amide bonds. The van der Waals surface area contributed by atoms with Gasteiger partial charge in [0.1, 0.15) is 5.00 Å². The number of aromatic nitrogens is 3. The van der Waals surface area contributed by atoms with Crippen LogP contribution in [0.15, 0.2) is 11.7 Å². The van der Waals surface area contributed by atoms with Crippen molar-refractivity contribution in [1.82, 2.24) is 14.8 Å². The summed E-state index contributed by atoms with van der Waals surface area (Å²) in [4.78, 5) is 14.8. The second-order valence-corrected chi connectivity index (χ2v) is 5.50. The molecule has 2 rings (SSSR count). The molecule has 0 saturated heterocycles. The van der Waals surface area contributed by atoms with Gasteiger partial charge in [-0.05, 0) is 13.8 Å². The highest BCUT2D eigenvalue weighted by molar-refractivity contribution is 7.74. The minimum absolute atomic E-state index is 0.0485. The van der Waals surface area contributed by atoms with Gasteiger partial charge in [-0.15, -0.1) is 11.3 Å². The Morgan fingerprint density at radius 3 is 2.75 bits per heavy atom. The highest BCUT2D eigenvalue weighted by Gasteiger charge is 2.25. The van der Waals surface area contributed by atoms with Crippen LogP contribution >= 0.6 is 11.3 Å². The molecular formula is C10H12N4O4S2. The number of aryl methyl sites for hydroxylation is 1. The Kier molecular flexibility index (Phi) is 4.04. The Morgan fingerprint density at radius 2 is 2.25 bits per heavy atom. The largest absolute Gasteiger partial charge is 0.476 e. The number of carboxylic acid groups (broad SMARTS) is 1. The van der Waals surface area contributed by atoms with Crippen molar-refractivity contribution in [2.45, 2.75) is 20.4 Å².